The molecule has 1 saturated carbocycles. The number of ether oxygens (including phenoxy) is 2. The number of rotatable bonds is 6. The van der Waals surface area contributed by atoms with E-state index < -0.39 is 22.8 Å². The van der Waals surface area contributed by atoms with Gasteiger partial charge in [0.2, 0.25) is 5.88 Å². The Balaban J connectivity index is 1.83. The number of hydrogen-bond donors (Lipinski definition) is 2. The summed E-state index contributed by atoms with van der Waals surface area (Å²) < 4.78 is 11.2. The summed E-state index contributed by atoms with van der Waals surface area (Å²) in [7, 11) is 3.80. The van der Waals surface area contributed by atoms with E-state index >= 15 is 0 Å². The van der Waals surface area contributed by atoms with E-state index in [1.165, 1.54) is 0 Å². The second-order valence-electron chi connectivity index (χ2n) is 8.61. The molecule has 0 bridgehead atoms. The largest absolute Gasteiger partial charge is 0.475 e. The zero-order chi connectivity index (χ0) is 21.4. The minimum atomic E-state index is -0.588. The van der Waals surface area contributed by atoms with Crippen LogP contribution in [-0.2, 0) is 11.3 Å². The van der Waals surface area contributed by atoms with Crippen LogP contribution in [0.1, 0.15) is 39.3 Å². The zero-order valence-corrected chi connectivity index (χ0v) is 18.0. The lowest BCUT2D eigenvalue weighted by Gasteiger charge is -2.23. The molecule has 2 N–H and O–H groups in total. The van der Waals surface area contributed by atoms with Crippen molar-refractivity contribution >= 4 is 28.5 Å². The number of aromatic nitrogens is 3. The number of carbonyl (C=O) groups is 1. The fourth-order valence-electron chi connectivity index (χ4n) is 2.88. The lowest BCUT2D eigenvalue weighted by molar-refractivity contribution is 0.0476. The molecule has 1 fully saturated rings. The number of nitrogens with zero attached hydrogens (tertiary/aromatic N) is 3. The third kappa shape index (κ3) is 5.36. The average molecular weight is 424 g/mol. The van der Waals surface area contributed by atoms with Gasteiger partial charge in [-0.15, -0.1) is 0 Å². The normalized spacial score (nSPS) is 15.4. The highest BCUT2D eigenvalue weighted by atomic mass is 35.5. The van der Waals surface area contributed by atoms with Crippen molar-refractivity contribution in [1.29, 1.82) is 0 Å². The third-order valence-electron chi connectivity index (χ3n) is 4.36. The number of nitrogens with one attached hydrogen (secondary N) is 2. The quantitative estimate of drug-likeness (QED) is 0.687. The van der Waals surface area contributed by atoms with Gasteiger partial charge in [0.1, 0.15) is 22.7 Å². The second kappa shape index (κ2) is 7.79. The first-order valence-corrected chi connectivity index (χ1v) is 9.72. The lowest BCUT2D eigenvalue weighted by Crippen LogP contribution is -2.44. The van der Waals surface area contributed by atoms with Crippen LogP contribution in [-0.4, -0.2) is 58.0 Å². The summed E-state index contributed by atoms with van der Waals surface area (Å²) in [5.74, 6) is 0.119. The van der Waals surface area contributed by atoms with Gasteiger partial charge in [-0.1, -0.05) is 11.6 Å². The van der Waals surface area contributed by atoms with Gasteiger partial charge in [-0.05, 0) is 53.8 Å². The van der Waals surface area contributed by atoms with E-state index in [4.69, 9.17) is 21.1 Å². The number of aromatic amines is 1. The molecule has 0 saturated heterocycles. The summed E-state index contributed by atoms with van der Waals surface area (Å²) in [6.45, 7) is 6.07. The van der Waals surface area contributed by atoms with E-state index in [0.717, 1.165) is 12.8 Å². The fourth-order valence-corrected chi connectivity index (χ4v) is 3.07. The maximum absolute atomic E-state index is 12.4. The Kier molecular flexibility index (Phi) is 5.73. The van der Waals surface area contributed by atoms with Crippen molar-refractivity contribution in [3.05, 3.63) is 27.3 Å². The van der Waals surface area contributed by atoms with Gasteiger partial charge in [-0.2, -0.15) is 5.10 Å². The molecule has 1 aliphatic rings. The van der Waals surface area contributed by atoms with Gasteiger partial charge in [-0.3, -0.25) is 4.79 Å². The number of carbonyl (C=O) groups excluding carboxylic acids is 1. The second-order valence-corrected chi connectivity index (χ2v) is 8.99. The SMILES string of the molecule is CN(C)Cc1n[nH]c(=O)c2c(OCC3(NC(=O)OC(C)(C)C)CC3)nc(Cl)cc12. The summed E-state index contributed by atoms with van der Waals surface area (Å²) in [5.41, 5.74) is -0.877. The molecule has 158 valence electrons. The molecule has 0 atom stereocenters. The first-order valence-electron chi connectivity index (χ1n) is 9.34. The van der Waals surface area contributed by atoms with Gasteiger partial charge >= 0.3 is 6.09 Å². The molecule has 29 heavy (non-hydrogen) atoms. The summed E-state index contributed by atoms with van der Waals surface area (Å²) in [5, 5.41) is 10.6. The number of amides is 1. The molecule has 9 nitrogen and oxygen atoms in total. The van der Waals surface area contributed by atoms with Gasteiger partial charge in [0.15, 0.2) is 0 Å². The summed E-state index contributed by atoms with van der Waals surface area (Å²) in [4.78, 5) is 30.7. The van der Waals surface area contributed by atoms with Crippen molar-refractivity contribution < 1.29 is 14.3 Å². The first-order chi connectivity index (χ1) is 13.5. The fraction of sp³-hybridized carbons (Fsp3) is 0.579. The highest BCUT2D eigenvalue weighted by Crippen LogP contribution is 2.37. The molecule has 0 aliphatic heterocycles. The Bertz CT molecular complexity index is 979. The highest BCUT2D eigenvalue weighted by Gasteiger charge is 2.46. The van der Waals surface area contributed by atoms with E-state index in [0.29, 0.717) is 17.6 Å². The van der Waals surface area contributed by atoms with Crippen molar-refractivity contribution in [1.82, 2.24) is 25.4 Å². The molecule has 3 rings (SSSR count). The molecule has 0 unspecified atom stereocenters. The molecule has 2 aromatic heterocycles. The van der Waals surface area contributed by atoms with Crippen LogP contribution in [0.2, 0.25) is 5.15 Å². The van der Waals surface area contributed by atoms with Gasteiger partial charge in [0.05, 0.1) is 11.2 Å². The summed E-state index contributed by atoms with van der Waals surface area (Å²) >= 11 is 6.17. The standard InChI is InChI=1S/C19H26ClN5O4/c1-18(2,3)29-17(27)22-19(6-7-19)10-28-16-14-11(8-13(20)21-16)12(9-25(4)5)23-24-15(14)26/h8H,6-7,9-10H2,1-5H3,(H,22,27)(H,24,26). The van der Waals surface area contributed by atoms with E-state index in [2.05, 4.69) is 20.5 Å². The highest BCUT2D eigenvalue weighted by molar-refractivity contribution is 6.30. The first kappa shape index (κ1) is 21.3. The molecule has 2 aromatic rings. The third-order valence-corrected chi connectivity index (χ3v) is 4.55. The maximum Gasteiger partial charge on any atom is 0.408 e. The molecule has 1 amide bonds. The van der Waals surface area contributed by atoms with Crippen LogP contribution in [0, 0.1) is 0 Å². The lowest BCUT2D eigenvalue weighted by atomic mass is 10.1. The predicted molar refractivity (Wildman–Crippen MR) is 109 cm³/mol. The smallest absolute Gasteiger partial charge is 0.408 e. The average Bonchev–Trinajstić information content (AvgIpc) is 3.32. The van der Waals surface area contributed by atoms with Crippen LogP contribution < -0.4 is 15.6 Å². The van der Waals surface area contributed by atoms with E-state index in [1.807, 2.05) is 19.0 Å². The van der Waals surface area contributed by atoms with Crippen molar-refractivity contribution in [2.75, 3.05) is 20.7 Å². The van der Waals surface area contributed by atoms with Crippen LogP contribution in [0.15, 0.2) is 10.9 Å². The number of halogens is 1. The van der Waals surface area contributed by atoms with Crippen molar-refractivity contribution in [3.63, 3.8) is 0 Å². The summed E-state index contributed by atoms with van der Waals surface area (Å²) in [6.07, 6.45) is 0.987. The Morgan fingerprint density at radius 1 is 1.38 bits per heavy atom. The monoisotopic (exact) mass is 423 g/mol. The van der Waals surface area contributed by atoms with E-state index in [9.17, 15) is 9.59 Å². The van der Waals surface area contributed by atoms with Crippen LogP contribution in [0.25, 0.3) is 10.8 Å². The minimum Gasteiger partial charge on any atom is -0.475 e. The molecule has 0 aromatic carbocycles. The Labute approximate surface area is 173 Å². The van der Waals surface area contributed by atoms with Crippen LogP contribution in [0.5, 0.6) is 5.88 Å². The van der Waals surface area contributed by atoms with Crippen LogP contribution in [0.4, 0.5) is 4.79 Å². The molecule has 1 aliphatic carbocycles. The topological polar surface area (TPSA) is 109 Å². The molecule has 2 heterocycles. The molecular weight excluding hydrogens is 398 g/mol. The van der Waals surface area contributed by atoms with Gasteiger partial charge in [0.25, 0.3) is 5.56 Å². The van der Waals surface area contributed by atoms with Crippen molar-refractivity contribution in [3.8, 4) is 5.88 Å². The molecule has 10 heteroatoms. The van der Waals surface area contributed by atoms with Gasteiger partial charge in [-0.25, -0.2) is 14.9 Å². The Morgan fingerprint density at radius 3 is 2.66 bits per heavy atom. The van der Waals surface area contributed by atoms with Crippen LogP contribution >= 0.6 is 11.6 Å². The molecule has 0 radical (unpaired) electrons. The minimum absolute atomic E-state index is 0.119. The zero-order valence-electron chi connectivity index (χ0n) is 17.3. The Morgan fingerprint density at radius 2 is 2.07 bits per heavy atom. The summed E-state index contributed by atoms with van der Waals surface area (Å²) in [6, 6.07) is 1.61. The van der Waals surface area contributed by atoms with E-state index in [1.54, 1.807) is 26.8 Å². The molecule has 0 spiro atoms. The van der Waals surface area contributed by atoms with Crippen molar-refractivity contribution in [2.24, 2.45) is 0 Å². The number of alkyl carbamates (subject to hydrolysis) is 1. The molecular formula is C19H26ClN5O4. The number of hydrogen-bond acceptors (Lipinski definition) is 7. The Hall–Kier alpha value is -2.39. The van der Waals surface area contributed by atoms with Gasteiger partial charge in [0, 0.05) is 11.9 Å². The van der Waals surface area contributed by atoms with Crippen LogP contribution in [0.3, 0.4) is 0 Å². The number of pyridine rings is 1. The van der Waals surface area contributed by atoms with Gasteiger partial charge < -0.3 is 19.7 Å². The van der Waals surface area contributed by atoms with E-state index in [-0.39, 0.29) is 23.0 Å². The maximum atomic E-state index is 12.4. The number of H-pyrrole nitrogens is 1. The number of fused-ring (bicyclic) bond motifs is 1. The predicted octanol–water partition coefficient (Wildman–Crippen LogP) is 2.47. The van der Waals surface area contributed by atoms with Crippen molar-refractivity contribution in [2.45, 2.75) is 51.3 Å².